The van der Waals surface area contributed by atoms with Crippen LogP contribution in [0, 0.1) is 5.82 Å². The minimum absolute atomic E-state index is 0.0923. The molecule has 0 saturated carbocycles. The van der Waals surface area contributed by atoms with E-state index in [0.717, 1.165) is 16.3 Å². The van der Waals surface area contributed by atoms with E-state index in [0.29, 0.717) is 13.0 Å². The number of halogens is 1. The summed E-state index contributed by atoms with van der Waals surface area (Å²) in [6.07, 6.45) is -0.276. The van der Waals surface area contributed by atoms with Gasteiger partial charge in [-0.15, -0.1) is 0 Å². The molecule has 0 spiro atoms. The van der Waals surface area contributed by atoms with Crippen LogP contribution in [0.1, 0.15) is 18.9 Å². The van der Waals surface area contributed by atoms with E-state index >= 15 is 0 Å². The van der Waals surface area contributed by atoms with Crippen molar-refractivity contribution in [2.45, 2.75) is 26.0 Å². The van der Waals surface area contributed by atoms with Gasteiger partial charge in [0.2, 0.25) is 0 Å². The molecule has 0 fully saturated rings. The number of carbonyl (C=O) groups excluding carboxylic acids is 1. The molecule has 0 bridgehead atoms. The summed E-state index contributed by atoms with van der Waals surface area (Å²) in [6.45, 7) is 2.24. The minimum Gasteiger partial charge on any atom is -0.478 e. The second kappa shape index (κ2) is 7.79. The first-order valence-corrected chi connectivity index (χ1v) is 8.34. The van der Waals surface area contributed by atoms with E-state index in [2.05, 4.69) is 5.32 Å². The van der Waals surface area contributed by atoms with Crippen LogP contribution >= 0.6 is 0 Å². The number of hydrogen-bond donors (Lipinski definition) is 1. The Balaban J connectivity index is 1.69. The number of hydrogen-bond acceptors (Lipinski definition) is 2. The Morgan fingerprint density at radius 2 is 1.76 bits per heavy atom. The van der Waals surface area contributed by atoms with Gasteiger partial charge in [0.05, 0.1) is 0 Å². The normalized spacial score (nSPS) is 11.9. The first-order valence-electron chi connectivity index (χ1n) is 8.34. The minimum atomic E-state index is -0.730. The monoisotopic (exact) mass is 337 g/mol. The predicted molar refractivity (Wildman–Crippen MR) is 96.9 cm³/mol. The Hall–Kier alpha value is -2.88. The van der Waals surface area contributed by atoms with Crippen molar-refractivity contribution in [3.05, 3.63) is 78.1 Å². The van der Waals surface area contributed by atoms with E-state index < -0.39 is 11.9 Å². The lowest BCUT2D eigenvalue weighted by Gasteiger charge is -2.18. The second-order valence-electron chi connectivity index (χ2n) is 5.80. The second-order valence-corrected chi connectivity index (χ2v) is 5.80. The van der Waals surface area contributed by atoms with Gasteiger partial charge in [-0.3, -0.25) is 4.79 Å². The third-order valence-corrected chi connectivity index (χ3v) is 4.10. The van der Waals surface area contributed by atoms with Crippen LogP contribution in [0.25, 0.3) is 10.8 Å². The van der Waals surface area contributed by atoms with Gasteiger partial charge in [-0.05, 0) is 34.9 Å². The van der Waals surface area contributed by atoms with Crippen LogP contribution in [0.3, 0.4) is 0 Å². The summed E-state index contributed by atoms with van der Waals surface area (Å²) in [4.78, 5) is 12.4. The van der Waals surface area contributed by atoms with E-state index in [1.54, 1.807) is 12.1 Å². The molecule has 4 heteroatoms. The van der Waals surface area contributed by atoms with Crippen molar-refractivity contribution in [3.8, 4) is 5.75 Å². The smallest absolute Gasteiger partial charge is 0.261 e. The summed E-state index contributed by atoms with van der Waals surface area (Å²) >= 11 is 0. The van der Waals surface area contributed by atoms with Crippen molar-refractivity contribution in [2.24, 2.45) is 0 Å². The molecule has 0 aliphatic carbocycles. The maximum atomic E-state index is 13.7. The van der Waals surface area contributed by atoms with Gasteiger partial charge in [0.1, 0.15) is 0 Å². The maximum Gasteiger partial charge on any atom is 0.261 e. The lowest BCUT2D eigenvalue weighted by molar-refractivity contribution is -0.128. The number of ether oxygens (including phenoxy) is 1. The highest BCUT2D eigenvalue weighted by molar-refractivity contribution is 5.86. The molecule has 3 rings (SSSR count). The third-order valence-electron chi connectivity index (χ3n) is 4.10. The van der Waals surface area contributed by atoms with E-state index in [1.165, 1.54) is 12.1 Å². The Labute approximate surface area is 146 Å². The number of para-hydroxylation sites is 1. The molecule has 0 saturated heterocycles. The molecule has 0 aliphatic rings. The molecule has 3 aromatic rings. The molecule has 1 amide bonds. The topological polar surface area (TPSA) is 38.3 Å². The fraction of sp³-hybridized carbons (Fsp3) is 0.190. The largest absolute Gasteiger partial charge is 0.478 e. The average Bonchev–Trinajstić information content (AvgIpc) is 2.65. The van der Waals surface area contributed by atoms with Crippen LogP contribution < -0.4 is 10.1 Å². The number of amides is 1. The highest BCUT2D eigenvalue weighted by atomic mass is 19.1. The number of nitrogens with one attached hydrogen (secondary N) is 1. The zero-order valence-corrected chi connectivity index (χ0v) is 14.0. The maximum absolute atomic E-state index is 13.7. The van der Waals surface area contributed by atoms with Crippen molar-refractivity contribution in [2.75, 3.05) is 0 Å². The van der Waals surface area contributed by atoms with Crippen LogP contribution in [-0.4, -0.2) is 12.0 Å². The highest BCUT2D eigenvalue weighted by Gasteiger charge is 2.19. The zero-order chi connectivity index (χ0) is 17.6. The third kappa shape index (κ3) is 3.97. The van der Waals surface area contributed by atoms with Crippen molar-refractivity contribution in [1.82, 2.24) is 5.32 Å². The Morgan fingerprint density at radius 1 is 1.04 bits per heavy atom. The van der Waals surface area contributed by atoms with Gasteiger partial charge < -0.3 is 10.1 Å². The quantitative estimate of drug-likeness (QED) is 0.721. The first kappa shape index (κ1) is 17.0. The fourth-order valence-corrected chi connectivity index (χ4v) is 2.76. The van der Waals surface area contributed by atoms with Crippen LogP contribution in [-0.2, 0) is 11.3 Å². The number of benzene rings is 3. The highest BCUT2D eigenvalue weighted by Crippen LogP contribution is 2.20. The number of carbonyl (C=O) groups is 1. The summed E-state index contributed by atoms with van der Waals surface area (Å²) < 4.78 is 19.3. The molecule has 1 N–H and O–H groups in total. The first-order chi connectivity index (χ1) is 12.2. The van der Waals surface area contributed by atoms with Gasteiger partial charge in [0.25, 0.3) is 5.91 Å². The lowest BCUT2D eigenvalue weighted by atomic mass is 10.0. The van der Waals surface area contributed by atoms with Gasteiger partial charge in [-0.25, -0.2) is 4.39 Å². The van der Waals surface area contributed by atoms with Gasteiger partial charge in [0.15, 0.2) is 17.7 Å². The molecule has 128 valence electrons. The lowest BCUT2D eigenvalue weighted by Crippen LogP contribution is -2.37. The fourth-order valence-electron chi connectivity index (χ4n) is 2.76. The molecule has 0 radical (unpaired) electrons. The van der Waals surface area contributed by atoms with Gasteiger partial charge in [-0.2, -0.15) is 0 Å². The average molecular weight is 337 g/mol. The number of rotatable bonds is 6. The van der Waals surface area contributed by atoms with Gasteiger partial charge >= 0.3 is 0 Å². The van der Waals surface area contributed by atoms with Crippen molar-refractivity contribution in [1.29, 1.82) is 0 Å². The molecule has 0 aliphatic heterocycles. The molecular formula is C21H20FNO2. The SMILES string of the molecule is CC[C@H](Oc1ccccc1F)C(=O)NCc1cccc2ccccc12. The molecule has 0 unspecified atom stereocenters. The molecule has 1 atom stereocenters. The number of fused-ring (bicyclic) bond motifs is 1. The van der Waals surface area contributed by atoms with Gasteiger partial charge in [0, 0.05) is 6.54 Å². The van der Waals surface area contributed by atoms with Crippen LogP contribution in [0.2, 0.25) is 0 Å². The molecule has 3 nitrogen and oxygen atoms in total. The van der Waals surface area contributed by atoms with Crippen LogP contribution in [0.15, 0.2) is 66.7 Å². The molecule has 25 heavy (non-hydrogen) atoms. The summed E-state index contributed by atoms with van der Waals surface area (Å²) in [6, 6.07) is 20.1. The molecule has 0 aromatic heterocycles. The van der Waals surface area contributed by atoms with Crippen LogP contribution in [0.4, 0.5) is 4.39 Å². The predicted octanol–water partition coefficient (Wildman–Crippen LogP) is 4.45. The Kier molecular flexibility index (Phi) is 5.29. The van der Waals surface area contributed by atoms with Gasteiger partial charge in [-0.1, -0.05) is 61.5 Å². The molecule has 3 aromatic carbocycles. The molecular weight excluding hydrogens is 317 g/mol. The van der Waals surface area contributed by atoms with E-state index in [4.69, 9.17) is 4.74 Å². The van der Waals surface area contributed by atoms with E-state index in [1.807, 2.05) is 49.4 Å². The Morgan fingerprint density at radius 3 is 2.56 bits per heavy atom. The summed E-state index contributed by atoms with van der Waals surface area (Å²) in [5, 5.41) is 5.13. The summed E-state index contributed by atoms with van der Waals surface area (Å²) in [5.41, 5.74) is 1.03. The summed E-state index contributed by atoms with van der Waals surface area (Å²) in [5.74, 6) is -0.629. The van der Waals surface area contributed by atoms with Crippen molar-refractivity contribution in [3.63, 3.8) is 0 Å². The zero-order valence-electron chi connectivity index (χ0n) is 14.0. The summed E-state index contributed by atoms with van der Waals surface area (Å²) in [7, 11) is 0. The van der Waals surface area contributed by atoms with Crippen molar-refractivity contribution >= 4 is 16.7 Å². The van der Waals surface area contributed by atoms with Crippen molar-refractivity contribution < 1.29 is 13.9 Å². The van der Waals surface area contributed by atoms with E-state index in [9.17, 15) is 9.18 Å². The van der Waals surface area contributed by atoms with Crippen LogP contribution in [0.5, 0.6) is 5.75 Å². The van der Waals surface area contributed by atoms with E-state index in [-0.39, 0.29) is 11.7 Å². The Bertz CT molecular complexity index is 873. The standard InChI is InChI=1S/C21H20FNO2/c1-2-19(25-20-13-6-5-12-18(20)22)21(24)23-14-16-10-7-9-15-8-3-4-11-17(15)16/h3-13,19H,2,14H2,1H3,(H,23,24)/t19-/m0/s1. The molecule has 0 heterocycles.